The van der Waals surface area contributed by atoms with E-state index in [-0.39, 0.29) is 23.8 Å². The van der Waals surface area contributed by atoms with Crippen LogP contribution in [0.4, 0.5) is 0 Å². The first-order valence-corrected chi connectivity index (χ1v) is 7.49. The third-order valence-corrected chi connectivity index (χ3v) is 4.07. The van der Waals surface area contributed by atoms with Crippen molar-refractivity contribution in [3.8, 4) is 5.75 Å². The molecule has 0 radical (unpaired) electrons. The Morgan fingerprint density at radius 1 is 1.09 bits per heavy atom. The first-order valence-electron chi connectivity index (χ1n) is 7.49. The van der Waals surface area contributed by atoms with E-state index >= 15 is 0 Å². The molecule has 1 heterocycles. The molecule has 1 aromatic carbocycles. The summed E-state index contributed by atoms with van der Waals surface area (Å²) in [5.74, 6) is 0.228. The molecule has 1 aliphatic heterocycles. The van der Waals surface area contributed by atoms with Gasteiger partial charge in [0.05, 0.1) is 17.8 Å². The minimum atomic E-state index is -0.399. The fraction of sp³-hybridized carbons (Fsp3) is 0.588. The topological polar surface area (TPSA) is 54.0 Å². The second-order valence-corrected chi connectivity index (χ2v) is 6.25. The molecule has 1 aromatic rings. The average Bonchev–Trinajstić information content (AvgIpc) is 2.66. The minimum absolute atomic E-state index is 0.0936. The predicted molar refractivity (Wildman–Crippen MR) is 81.6 cm³/mol. The number of rotatable bonds is 5. The lowest BCUT2D eigenvalue weighted by atomic mass is 9.90. The van der Waals surface area contributed by atoms with Gasteiger partial charge in [0.25, 0.3) is 0 Å². The lowest BCUT2D eigenvalue weighted by Gasteiger charge is -2.30. The van der Waals surface area contributed by atoms with Crippen LogP contribution < -0.4 is 4.74 Å². The average molecular weight is 308 g/mol. The van der Waals surface area contributed by atoms with Gasteiger partial charge in [-0.25, -0.2) is 4.79 Å². The van der Waals surface area contributed by atoms with E-state index in [2.05, 4.69) is 0 Å². The van der Waals surface area contributed by atoms with Crippen molar-refractivity contribution >= 4 is 5.97 Å². The Labute approximate surface area is 131 Å². The summed E-state index contributed by atoms with van der Waals surface area (Å²) in [6.07, 6.45) is -0.399. The maximum absolute atomic E-state index is 11.2. The standard InChI is InChI=1S/C17H24O5/c1-6-19-14(18)11-20-13-9-7-12(8-10-13)15-21-16(2,3)17(4,5)22-15/h7-10,15H,6,11H2,1-5H3. The lowest BCUT2D eigenvalue weighted by molar-refractivity contribution is -0.145. The monoisotopic (exact) mass is 308 g/mol. The zero-order chi connectivity index (χ0) is 16.4. The van der Waals surface area contributed by atoms with Crippen molar-refractivity contribution < 1.29 is 23.7 Å². The molecule has 122 valence electrons. The van der Waals surface area contributed by atoms with Gasteiger partial charge < -0.3 is 18.9 Å². The third-order valence-electron chi connectivity index (χ3n) is 4.07. The number of ether oxygens (including phenoxy) is 4. The van der Waals surface area contributed by atoms with E-state index in [1.807, 2.05) is 39.8 Å². The molecule has 22 heavy (non-hydrogen) atoms. The highest BCUT2D eigenvalue weighted by molar-refractivity contribution is 5.71. The molecule has 5 heteroatoms. The van der Waals surface area contributed by atoms with Gasteiger partial charge in [-0.15, -0.1) is 0 Å². The van der Waals surface area contributed by atoms with E-state index in [4.69, 9.17) is 18.9 Å². The van der Waals surface area contributed by atoms with E-state index in [0.29, 0.717) is 12.4 Å². The first-order chi connectivity index (χ1) is 10.2. The van der Waals surface area contributed by atoms with Crippen LogP contribution in [0, 0.1) is 0 Å². The van der Waals surface area contributed by atoms with Gasteiger partial charge in [-0.2, -0.15) is 0 Å². The van der Waals surface area contributed by atoms with Crippen molar-refractivity contribution in [3.63, 3.8) is 0 Å². The summed E-state index contributed by atoms with van der Waals surface area (Å²) in [6, 6.07) is 7.34. The number of hydrogen-bond acceptors (Lipinski definition) is 5. The Morgan fingerprint density at radius 2 is 1.64 bits per heavy atom. The Balaban J connectivity index is 1.97. The van der Waals surface area contributed by atoms with E-state index in [0.717, 1.165) is 5.56 Å². The van der Waals surface area contributed by atoms with Crippen LogP contribution in [0.15, 0.2) is 24.3 Å². The van der Waals surface area contributed by atoms with E-state index in [9.17, 15) is 4.79 Å². The minimum Gasteiger partial charge on any atom is -0.482 e. The summed E-state index contributed by atoms with van der Waals surface area (Å²) in [7, 11) is 0. The van der Waals surface area contributed by atoms with Crippen LogP contribution >= 0.6 is 0 Å². The number of benzene rings is 1. The van der Waals surface area contributed by atoms with Gasteiger partial charge in [0, 0.05) is 5.56 Å². The molecule has 0 amide bonds. The van der Waals surface area contributed by atoms with Crippen molar-refractivity contribution in [1.29, 1.82) is 0 Å². The molecular weight excluding hydrogens is 284 g/mol. The SMILES string of the molecule is CCOC(=O)COc1ccc(C2OC(C)(C)C(C)(C)O2)cc1. The van der Waals surface area contributed by atoms with Gasteiger partial charge in [-0.05, 0) is 46.8 Å². The molecule has 5 nitrogen and oxygen atoms in total. The van der Waals surface area contributed by atoms with Crippen LogP contribution in [-0.4, -0.2) is 30.4 Å². The van der Waals surface area contributed by atoms with E-state index in [1.54, 1.807) is 19.1 Å². The van der Waals surface area contributed by atoms with Crippen LogP contribution in [0.3, 0.4) is 0 Å². The van der Waals surface area contributed by atoms with Gasteiger partial charge in [-0.1, -0.05) is 12.1 Å². The molecular formula is C17H24O5. The Bertz CT molecular complexity index is 502. The van der Waals surface area contributed by atoms with Crippen LogP contribution in [0.5, 0.6) is 5.75 Å². The highest BCUT2D eigenvalue weighted by Crippen LogP contribution is 2.44. The normalized spacial score (nSPS) is 19.9. The molecule has 0 aliphatic carbocycles. The zero-order valence-corrected chi connectivity index (χ0v) is 13.8. The molecule has 0 aromatic heterocycles. The molecule has 0 saturated carbocycles. The van der Waals surface area contributed by atoms with Crippen LogP contribution in [-0.2, 0) is 19.0 Å². The summed E-state index contributed by atoms with van der Waals surface area (Å²) in [4.78, 5) is 11.2. The predicted octanol–water partition coefficient (Wildman–Crippen LogP) is 3.23. The van der Waals surface area contributed by atoms with Crippen molar-refractivity contribution in [2.75, 3.05) is 13.2 Å². The van der Waals surface area contributed by atoms with Gasteiger partial charge >= 0.3 is 5.97 Å². The molecule has 0 N–H and O–H groups in total. The fourth-order valence-electron chi connectivity index (χ4n) is 2.05. The smallest absolute Gasteiger partial charge is 0.344 e. The Morgan fingerprint density at radius 3 is 2.14 bits per heavy atom. The van der Waals surface area contributed by atoms with Crippen LogP contribution in [0.1, 0.15) is 46.5 Å². The summed E-state index contributed by atoms with van der Waals surface area (Å²) in [6.45, 7) is 10.1. The highest BCUT2D eigenvalue weighted by Gasteiger charge is 2.49. The summed E-state index contributed by atoms with van der Waals surface area (Å²) in [5.41, 5.74) is 0.190. The Hall–Kier alpha value is -1.59. The van der Waals surface area contributed by atoms with Gasteiger partial charge in [-0.3, -0.25) is 0 Å². The third kappa shape index (κ3) is 3.59. The van der Waals surface area contributed by atoms with Crippen LogP contribution in [0.2, 0.25) is 0 Å². The fourth-order valence-corrected chi connectivity index (χ4v) is 2.05. The Kier molecular flexibility index (Phi) is 4.78. The maximum Gasteiger partial charge on any atom is 0.344 e. The molecule has 2 rings (SSSR count). The highest BCUT2D eigenvalue weighted by atomic mass is 16.7. The molecule has 0 atom stereocenters. The number of carbonyl (C=O) groups is 1. The quantitative estimate of drug-likeness (QED) is 0.782. The van der Waals surface area contributed by atoms with Crippen molar-refractivity contribution in [2.24, 2.45) is 0 Å². The van der Waals surface area contributed by atoms with E-state index in [1.165, 1.54) is 0 Å². The molecule has 1 fully saturated rings. The molecule has 1 saturated heterocycles. The van der Waals surface area contributed by atoms with Gasteiger partial charge in [0.1, 0.15) is 5.75 Å². The molecule has 1 aliphatic rings. The number of esters is 1. The second kappa shape index (κ2) is 6.26. The van der Waals surface area contributed by atoms with E-state index < -0.39 is 6.29 Å². The summed E-state index contributed by atoms with van der Waals surface area (Å²) >= 11 is 0. The molecule has 0 unspecified atom stereocenters. The zero-order valence-electron chi connectivity index (χ0n) is 13.8. The maximum atomic E-state index is 11.2. The van der Waals surface area contributed by atoms with Crippen molar-refractivity contribution in [2.45, 2.75) is 52.1 Å². The summed E-state index contributed by atoms with van der Waals surface area (Å²) in [5, 5.41) is 0. The lowest BCUT2D eigenvalue weighted by Crippen LogP contribution is -2.41. The van der Waals surface area contributed by atoms with Crippen LogP contribution in [0.25, 0.3) is 0 Å². The van der Waals surface area contributed by atoms with Gasteiger partial charge in [0.15, 0.2) is 12.9 Å². The number of carbonyl (C=O) groups excluding carboxylic acids is 1. The largest absolute Gasteiger partial charge is 0.482 e. The first kappa shape index (κ1) is 16.8. The molecule has 0 bridgehead atoms. The summed E-state index contributed by atoms with van der Waals surface area (Å²) < 4.78 is 22.1. The van der Waals surface area contributed by atoms with Crippen molar-refractivity contribution in [1.82, 2.24) is 0 Å². The number of hydrogen-bond donors (Lipinski definition) is 0. The van der Waals surface area contributed by atoms with Gasteiger partial charge in [0.2, 0.25) is 0 Å². The van der Waals surface area contributed by atoms with Crippen molar-refractivity contribution in [3.05, 3.63) is 29.8 Å². The molecule has 0 spiro atoms. The second-order valence-electron chi connectivity index (χ2n) is 6.25.